The van der Waals surface area contributed by atoms with E-state index in [2.05, 4.69) is 0 Å². The minimum atomic E-state index is -4.07. The molecule has 1 saturated heterocycles. The number of rotatable bonds is 5. The van der Waals surface area contributed by atoms with Crippen LogP contribution in [-0.4, -0.2) is 52.5 Å². The lowest BCUT2D eigenvalue weighted by Gasteiger charge is -2.36. The minimum Gasteiger partial charge on any atom is -0.368 e. The maximum atomic E-state index is 14.2. The van der Waals surface area contributed by atoms with Crippen molar-refractivity contribution >= 4 is 21.6 Å². The van der Waals surface area contributed by atoms with E-state index in [0.717, 1.165) is 20.0 Å². The Hall–Kier alpha value is -2.66. The molecule has 0 radical (unpaired) electrons. The lowest BCUT2D eigenvalue weighted by molar-refractivity contribution is 0.0174. The lowest BCUT2D eigenvalue weighted by atomic mass is 10.1. The Kier molecular flexibility index (Phi) is 6.28. The van der Waals surface area contributed by atoms with Crippen LogP contribution in [0.4, 0.5) is 23.2 Å². The Labute approximate surface area is 177 Å². The van der Waals surface area contributed by atoms with E-state index in [1.807, 2.05) is 9.62 Å². The Balaban J connectivity index is 1.75. The molecule has 31 heavy (non-hydrogen) atoms. The molecule has 1 N–H and O–H groups in total. The number of halogens is 4. The summed E-state index contributed by atoms with van der Waals surface area (Å²) in [6.07, 6.45) is 0. The molecule has 0 unspecified atom stereocenters. The van der Waals surface area contributed by atoms with Gasteiger partial charge in [-0.1, -0.05) is 12.1 Å². The molecular formula is C20H21F4N3O3S. The van der Waals surface area contributed by atoms with Crippen LogP contribution in [0, 0.1) is 11.6 Å². The molecule has 6 nitrogen and oxygen atoms in total. The average molecular weight is 459 g/mol. The highest BCUT2D eigenvalue weighted by Gasteiger charge is 2.29. The first-order valence-corrected chi connectivity index (χ1v) is 10.9. The lowest BCUT2D eigenvalue weighted by Crippen LogP contribution is -2.49. The normalized spacial score (nSPS) is 15.3. The maximum absolute atomic E-state index is 14.2. The van der Waals surface area contributed by atoms with Crippen LogP contribution in [0.2, 0.25) is 0 Å². The molecule has 2 aromatic rings. The summed E-state index contributed by atoms with van der Waals surface area (Å²) in [4.78, 5) is 15.4. The van der Waals surface area contributed by atoms with Gasteiger partial charge in [0.15, 0.2) is 11.6 Å². The van der Waals surface area contributed by atoms with E-state index >= 15 is 0 Å². The summed E-state index contributed by atoms with van der Waals surface area (Å²) in [5, 5.41) is 0. The van der Waals surface area contributed by atoms with Crippen molar-refractivity contribution in [1.29, 1.82) is 0 Å². The van der Waals surface area contributed by atoms with Crippen LogP contribution in [-0.2, 0) is 15.9 Å². The fourth-order valence-electron chi connectivity index (χ4n) is 3.30. The topological polar surface area (TPSA) is 69.7 Å². The van der Waals surface area contributed by atoms with Crippen molar-refractivity contribution in [3.8, 4) is 0 Å². The van der Waals surface area contributed by atoms with Gasteiger partial charge in [0.1, 0.15) is 0 Å². The van der Waals surface area contributed by atoms with Crippen molar-refractivity contribution in [2.75, 3.05) is 38.1 Å². The summed E-state index contributed by atoms with van der Waals surface area (Å²) in [6.45, 7) is 1.81. The second-order valence-corrected chi connectivity index (χ2v) is 9.08. The number of nitrogens with zero attached hydrogens (tertiary/aromatic N) is 2. The molecule has 0 aromatic heterocycles. The highest BCUT2D eigenvalue weighted by molar-refractivity contribution is 7.89. The number of anilines is 1. The predicted octanol–water partition coefficient (Wildman–Crippen LogP) is 2.95. The minimum absolute atomic E-state index is 0.112. The number of piperazine rings is 1. The van der Waals surface area contributed by atoms with Crippen LogP contribution in [0.25, 0.3) is 0 Å². The number of sulfonamides is 1. The number of hydrogen-bond acceptors (Lipinski definition) is 4. The zero-order valence-electron chi connectivity index (χ0n) is 16.8. The van der Waals surface area contributed by atoms with Crippen LogP contribution >= 0.6 is 0 Å². The van der Waals surface area contributed by atoms with Crippen LogP contribution in [0.15, 0.2) is 41.3 Å². The Morgan fingerprint density at radius 2 is 1.61 bits per heavy atom. The van der Waals surface area contributed by atoms with Crippen molar-refractivity contribution < 1.29 is 30.8 Å². The Bertz CT molecular complexity index is 1080. The fourth-order valence-corrected chi connectivity index (χ4v) is 4.06. The molecule has 0 spiro atoms. The van der Waals surface area contributed by atoms with Crippen molar-refractivity contribution in [2.45, 2.75) is 17.7 Å². The second kappa shape index (κ2) is 8.46. The van der Waals surface area contributed by atoms with Gasteiger partial charge < -0.3 is 9.80 Å². The zero-order chi connectivity index (χ0) is 23.0. The van der Waals surface area contributed by atoms with Crippen molar-refractivity contribution in [3.63, 3.8) is 0 Å². The van der Waals surface area contributed by atoms with E-state index in [1.54, 1.807) is 12.1 Å². The molecule has 11 heteroatoms. The van der Waals surface area contributed by atoms with Gasteiger partial charge in [0.05, 0.1) is 10.5 Å². The van der Waals surface area contributed by atoms with Crippen molar-refractivity contribution in [2.24, 2.45) is 0 Å². The van der Waals surface area contributed by atoms with Crippen LogP contribution in [0.5, 0.6) is 0 Å². The molecule has 0 aliphatic carbocycles. The summed E-state index contributed by atoms with van der Waals surface area (Å²) in [5.41, 5.74) is -0.0878. The zero-order valence-corrected chi connectivity index (χ0v) is 17.6. The van der Waals surface area contributed by atoms with Crippen molar-refractivity contribution in [1.82, 2.24) is 9.62 Å². The molecule has 1 aliphatic heterocycles. The first kappa shape index (κ1) is 23.0. The van der Waals surface area contributed by atoms with Gasteiger partial charge in [0.2, 0.25) is 10.0 Å². The molecule has 1 heterocycles. The molecule has 1 fully saturated rings. The van der Waals surface area contributed by atoms with Gasteiger partial charge >= 0.3 is 0 Å². The monoisotopic (exact) mass is 459 g/mol. The van der Waals surface area contributed by atoms with Gasteiger partial charge in [0.25, 0.3) is 11.8 Å². The number of benzene rings is 2. The van der Waals surface area contributed by atoms with E-state index < -0.39 is 43.9 Å². The van der Waals surface area contributed by atoms with E-state index in [9.17, 15) is 30.8 Å². The first-order chi connectivity index (χ1) is 14.4. The van der Waals surface area contributed by atoms with E-state index in [-0.39, 0.29) is 18.7 Å². The van der Waals surface area contributed by atoms with Crippen LogP contribution in [0.1, 0.15) is 22.8 Å². The standard InChI is InChI=1S/C20H21F4N3O3S/c1-20(23,24)13-3-5-14(6-4-13)26-7-9-27(10-8-26)19(28)16-11-15(31(29,30)25-2)12-17(21)18(16)22/h3-6,11-12,25H,7-10H2,1-2H3. The molecule has 3 rings (SSSR count). The average Bonchev–Trinajstić information content (AvgIpc) is 2.74. The summed E-state index contributed by atoms with van der Waals surface area (Å²) >= 11 is 0. The van der Waals surface area contributed by atoms with Gasteiger partial charge in [-0.25, -0.2) is 30.7 Å². The third kappa shape index (κ3) is 4.82. The van der Waals surface area contributed by atoms with Crippen LogP contribution in [0.3, 0.4) is 0 Å². The van der Waals surface area contributed by atoms with E-state index in [0.29, 0.717) is 24.8 Å². The molecule has 1 amide bonds. The number of carbonyl (C=O) groups is 1. The summed E-state index contributed by atoms with van der Waals surface area (Å²) in [7, 11) is -2.96. The highest BCUT2D eigenvalue weighted by atomic mass is 32.2. The van der Waals surface area contributed by atoms with Gasteiger partial charge in [-0.05, 0) is 31.3 Å². The molecule has 2 aromatic carbocycles. The quantitative estimate of drug-likeness (QED) is 0.699. The van der Waals surface area contributed by atoms with Gasteiger partial charge in [-0.2, -0.15) is 0 Å². The number of alkyl halides is 2. The Morgan fingerprint density at radius 3 is 2.13 bits per heavy atom. The van der Waals surface area contributed by atoms with Gasteiger partial charge in [0, 0.05) is 44.4 Å². The largest absolute Gasteiger partial charge is 0.368 e. The molecule has 168 valence electrons. The molecule has 0 atom stereocenters. The van der Waals surface area contributed by atoms with Crippen LogP contribution < -0.4 is 9.62 Å². The molecule has 0 saturated carbocycles. The number of hydrogen-bond donors (Lipinski definition) is 1. The fraction of sp³-hybridized carbons (Fsp3) is 0.350. The molecular weight excluding hydrogens is 438 g/mol. The smallest absolute Gasteiger partial charge is 0.270 e. The van der Waals surface area contributed by atoms with Crippen molar-refractivity contribution in [3.05, 3.63) is 59.2 Å². The Morgan fingerprint density at radius 1 is 1.03 bits per heavy atom. The highest BCUT2D eigenvalue weighted by Crippen LogP contribution is 2.29. The number of carbonyl (C=O) groups excluding carboxylic acids is 1. The van der Waals surface area contributed by atoms with Gasteiger partial charge in [-0.15, -0.1) is 0 Å². The molecule has 1 aliphatic rings. The second-order valence-electron chi connectivity index (χ2n) is 7.19. The van der Waals surface area contributed by atoms with Gasteiger partial charge in [-0.3, -0.25) is 4.79 Å². The van der Waals surface area contributed by atoms with E-state index in [1.165, 1.54) is 17.0 Å². The SMILES string of the molecule is CNS(=O)(=O)c1cc(F)c(F)c(C(=O)N2CCN(c3ccc(C(C)(F)F)cc3)CC2)c1. The first-order valence-electron chi connectivity index (χ1n) is 9.39. The summed E-state index contributed by atoms with van der Waals surface area (Å²) in [6, 6.07) is 7.11. The number of amides is 1. The van der Waals surface area contributed by atoms with E-state index in [4.69, 9.17) is 0 Å². The summed E-state index contributed by atoms with van der Waals surface area (Å²) in [5.74, 6) is -6.63. The maximum Gasteiger partial charge on any atom is 0.270 e. The third-order valence-corrected chi connectivity index (χ3v) is 6.51. The summed E-state index contributed by atoms with van der Waals surface area (Å²) < 4.78 is 80.7. The molecule has 0 bridgehead atoms. The number of nitrogens with one attached hydrogen (secondary N) is 1. The third-order valence-electron chi connectivity index (χ3n) is 5.12. The predicted molar refractivity (Wildman–Crippen MR) is 107 cm³/mol.